The highest BCUT2D eigenvalue weighted by molar-refractivity contribution is 6.08. The lowest BCUT2D eigenvalue weighted by Gasteiger charge is -2.11. The van der Waals surface area contributed by atoms with Crippen molar-refractivity contribution in [3.05, 3.63) is 90.0 Å². The van der Waals surface area contributed by atoms with E-state index >= 15 is 0 Å². The Morgan fingerprint density at radius 3 is 2.48 bits per heavy atom. The second-order valence-electron chi connectivity index (χ2n) is 6.84. The summed E-state index contributed by atoms with van der Waals surface area (Å²) in [5.41, 5.74) is 1.32. The monoisotopic (exact) mass is 422 g/mol. The predicted octanol–water partition coefficient (Wildman–Crippen LogP) is 6.18. The fraction of sp³-hybridized carbons (Fsp3) is 0.0833. The van der Waals surface area contributed by atoms with Crippen molar-refractivity contribution >= 4 is 22.5 Å². The van der Waals surface area contributed by atoms with Crippen molar-refractivity contribution in [1.82, 2.24) is 4.98 Å². The SMILES string of the molecule is COc1cccc(C(=O)Nc2cccc3ccc(-c4cccc(C(F)(F)F)c4)nc23)c1. The van der Waals surface area contributed by atoms with Crippen LogP contribution in [-0.4, -0.2) is 18.0 Å². The van der Waals surface area contributed by atoms with E-state index in [4.69, 9.17) is 4.74 Å². The fourth-order valence-electron chi connectivity index (χ4n) is 3.22. The van der Waals surface area contributed by atoms with E-state index in [2.05, 4.69) is 10.3 Å². The molecular formula is C24H17F3N2O2. The lowest BCUT2D eigenvalue weighted by molar-refractivity contribution is -0.137. The summed E-state index contributed by atoms with van der Waals surface area (Å²) >= 11 is 0. The van der Waals surface area contributed by atoms with Gasteiger partial charge in [-0.05, 0) is 42.5 Å². The number of aromatic nitrogens is 1. The number of carbonyl (C=O) groups excluding carboxylic acids is 1. The molecule has 0 bridgehead atoms. The van der Waals surface area contributed by atoms with Gasteiger partial charge in [0.05, 0.1) is 29.6 Å². The van der Waals surface area contributed by atoms with Gasteiger partial charge in [-0.3, -0.25) is 4.79 Å². The third-order valence-electron chi connectivity index (χ3n) is 4.79. The number of hydrogen-bond donors (Lipinski definition) is 1. The van der Waals surface area contributed by atoms with Crippen LogP contribution in [0.25, 0.3) is 22.2 Å². The highest BCUT2D eigenvalue weighted by atomic mass is 19.4. The first kappa shape index (κ1) is 20.4. The van der Waals surface area contributed by atoms with Gasteiger partial charge in [-0.1, -0.05) is 36.4 Å². The molecule has 4 rings (SSSR count). The lowest BCUT2D eigenvalue weighted by Crippen LogP contribution is -2.12. The Morgan fingerprint density at radius 1 is 0.935 bits per heavy atom. The molecule has 0 aliphatic heterocycles. The lowest BCUT2D eigenvalue weighted by atomic mass is 10.1. The summed E-state index contributed by atoms with van der Waals surface area (Å²) in [6.07, 6.45) is -4.44. The Hall–Kier alpha value is -3.87. The summed E-state index contributed by atoms with van der Waals surface area (Å²) in [6.45, 7) is 0. The van der Waals surface area contributed by atoms with Gasteiger partial charge in [0.15, 0.2) is 0 Å². The molecule has 0 radical (unpaired) electrons. The highest BCUT2D eigenvalue weighted by Crippen LogP contribution is 2.33. The molecule has 156 valence electrons. The van der Waals surface area contributed by atoms with Crippen LogP contribution in [0.4, 0.5) is 18.9 Å². The summed E-state index contributed by atoms with van der Waals surface area (Å²) in [6, 6.07) is 20.4. The van der Waals surface area contributed by atoms with Gasteiger partial charge in [-0.25, -0.2) is 4.98 Å². The zero-order valence-electron chi connectivity index (χ0n) is 16.4. The molecule has 7 heteroatoms. The van der Waals surface area contributed by atoms with Crippen LogP contribution in [-0.2, 0) is 6.18 Å². The molecule has 31 heavy (non-hydrogen) atoms. The average molecular weight is 422 g/mol. The standard InChI is InChI=1S/C24H17F3N2O2/c1-31-19-9-3-7-17(14-19)23(30)29-21-10-4-5-15-11-12-20(28-22(15)21)16-6-2-8-18(13-16)24(25,26)27/h2-14H,1H3,(H,29,30). The summed E-state index contributed by atoms with van der Waals surface area (Å²) < 4.78 is 44.4. The molecule has 1 N–H and O–H groups in total. The van der Waals surface area contributed by atoms with Gasteiger partial charge in [0.25, 0.3) is 5.91 Å². The van der Waals surface area contributed by atoms with Gasteiger partial charge in [0.2, 0.25) is 0 Å². The molecule has 0 aliphatic rings. The first-order chi connectivity index (χ1) is 14.8. The van der Waals surface area contributed by atoms with Crippen LogP contribution in [0.2, 0.25) is 0 Å². The fourth-order valence-corrected chi connectivity index (χ4v) is 3.22. The largest absolute Gasteiger partial charge is 0.497 e. The number of nitrogens with one attached hydrogen (secondary N) is 1. The van der Waals surface area contributed by atoms with E-state index in [1.165, 1.54) is 13.2 Å². The number of hydrogen-bond acceptors (Lipinski definition) is 3. The van der Waals surface area contributed by atoms with Crippen molar-refractivity contribution < 1.29 is 22.7 Å². The van der Waals surface area contributed by atoms with Crippen LogP contribution in [0.15, 0.2) is 78.9 Å². The molecule has 0 aliphatic carbocycles. The molecule has 1 heterocycles. The first-order valence-corrected chi connectivity index (χ1v) is 9.38. The van der Waals surface area contributed by atoms with Crippen molar-refractivity contribution in [1.29, 1.82) is 0 Å². The van der Waals surface area contributed by atoms with E-state index in [0.29, 0.717) is 33.8 Å². The van der Waals surface area contributed by atoms with E-state index in [9.17, 15) is 18.0 Å². The number of pyridine rings is 1. The number of benzene rings is 3. The van der Waals surface area contributed by atoms with Crippen molar-refractivity contribution in [2.45, 2.75) is 6.18 Å². The number of anilines is 1. The molecule has 0 atom stereocenters. The number of fused-ring (bicyclic) bond motifs is 1. The van der Waals surface area contributed by atoms with Crippen molar-refractivity contribution in [3.63, 3.8) is 0 Å². The van der Waals surface area contributed by atoms with E-state index in [-0.39, 0.29) is 5.91 Å². The number of ether oxygens (including phenoxy) is 1. The quantitative estimate of drug-likeness (QED) is 0.427. The van der Waals surface area contributed by atoms with Gasteiger partial charge in [-0.2, -0.15) is 13.2 Å². The zero-order valence-corrected chi connectivity index (χ0v) is 16.4. The molecule has 4 nitrogen and oxygen atoms in total. The van der Waals surface area contributed by atoms with E-state index < -0.39 is 11.7 Å². The first-order valence-electron chi connectivity index (χ1n) is 9.38. The topological polar surface area (TPSA) is 51.2 Å². The molecule has 1 aromatic heterocycles. The Labute approximate surface area is 176 Å². The summed E-state index contributed by atoms with van der Waals surface area (Å²) in [4.78, 5) is 17.3. The van der Waals surface area contributed by atoms with Crippen LogP contribution in [0.5, 0.6) is 5.75 Å². The smallest absolute Gasteiger partial charge is 0.416 e. The highest BCUT2D eigenvalue weighted by Gasteiger charge is 2.30. The maximum atomic E-state index is 13.1. The molecule has 4 aromatic rings. The summed E-state index contributed by atoms with van der Waals surface area (Å²) in [5.74, 6) is 0.202. The summed E-state index contributed by atoms with van der Waals surface area (Å²) in [7, 11) is 1.51. The minimum atomic E-state index is -4.44. The van der Waals surface area contributed by atoms with Crippen LogP contribution in [0, 0.1) is 0 Å². The second kappa shape index (κ2) is 8.10. The van der Waals surface area contributed by atoms with E-state index in [1.54, 1.807) is 54.6 Å². The minimum Gasteiger partial charge on any atom is -0.497 e. The maximum Gasteiger partial charge on any atom is 0.416 e. The minimum absolute atomic E-state index is 0.339. The maximum absolute atomic E-state index is 13.1. The van der Waals surface area contributed by atoms with Gasteiger partial charge >= 0.3 is 6.18 Å². The van der Waals surface area contributed by atoms with Crippen molar-refractivity contribution in [2.75, 3.05) is 12.4 Å². The second-order valence-corrected chi connectivity index (χ2v) is 6.84. The van der Waals surface area contributed by atoms with Crippen LogP contribution in [0.3, 0.4) is 0 Å². The number of para-hydroxylation sites is 1. The third kappa shape index (κ3) is 4.35. The molecule has 0 spiro atoms. The summed E-state index contributed by atoms with van der Waals surface area (Å²) in [5, 5.41) is 3.58. The van der Waals surface area contributed by atoms with Crippen LogP contribution in [0.1, 0.15) is 15.9 Å². The molecule has 0 saturated carbocycles. The van der Waals surface area contributed by atoms with Crippen molar-refractivity contribution in [3.8, 4) is 17.0 Å². The predicted molar refractivity (Wildman–Crippen MR) is 113 cm³/mol. The zero-order chi connectivity index (χ0) is 22.0. The Morgan fingerprint density at radius 2 is 1.71 bits per heavy atom. The van der Waals surface area contributed by atoms with Gasteiger partial charge in [-0.15, -0.1) is 0 Å². The number of nitrogens with zero attached hydrogens (tertiary/aromatic N) is 1. The Kier molecular flexibility index (Phi) is 5.33. The molecule has 1 amide bonds. The Bertz CT molecular complexity index is 1270. The number of alkyl halides is 3. The Balaban J connectivity index is 1.72. The van der Waals surface area contributed by atoms with Gasteiger partial charge in [0, 0.05) is 16.5 Å². The molecular weight excluding hydrogens is 405 g/mol. The van der Waals surface area contributed by atoms with Crippen LogP contribution >= 0.6 is 0 Å². The number of carbonyl (C=O) groups is 1. The van der Waals surface area contributed by atoms with E-state index in [0.717, 1.165) is 17.5 Å². The molecule has 3 aromatic carbocycles. The van der Waals surface area contributed by atoms with Gasteiger partial charge in [0.1, 0.15) is 5.75 Å². The van der Waals surface area contributed by atoms with E-state index in [1.807, 2.05) is 6.07 Å². The van der Waals surface area contributed by atoms with Crippen LogP contribution < -0.4 is 10.1 Å². The molecule has 0 unspecified atom stereocenters. The normalized spacial score (nSPS) is 11.4. The third-order valence-corrected chi connectivity index (χ3v) is 4.79. The molecule has 0 saturated heterocycles. The number of halogens is 3. The van der Waals surface area contributed by atoms with Crippen molar-refractivity contribution in [2.24, 2.45) is 0 Å². The molecule has 0 fully saturated rings. The average Bonchev–Trinajstić information content (AvgIpc) is 2.78. The van der Waals surface area contributed by atoms with Gasteiger partial charge < -0.3 is 10.1 Å². The number of amides is 1. The number of methoxy groups -OCH3 is 1. The number of rotatable bonds is 4.